The number of rotatable bonds is 4. The second-order valence-electron chi connectivity index (χ2n) is 4.99. The minimum atomic E-state index is -0.354. The van der Waals surface area contributed by atoms with Crippen molar-refractivity contribution in [3.05, 3.63) is 70.1 Å². The van der Waals surface area contributed by atoms with Gasteiger partial charge in [0, 0.05) is 17.0 Å². The van der Waals surface area contributed by atoms with Gasteiger partial charge in [-0.2, -0.15) is 0 Å². The summed E-state index contributed by atoms with van der Waals surface area (Å²) >= 11 is 0. The summed E-state index contributed by atoms with van der Waals surface area (Å²) in [6, 6.07) is 14.5. The van der Waals surface area contributed by atoms with Crippen molar-refractivity contribution in [1.29, 1.82) is 0 Å². The average molecular weight is 308 g/mol. The highest BCUT2D eigenvalue weighted by Gasteiger charge is 2.02. The van der Waals surface area contributed by atoms with Crippen LogP contribution in [0.5, 0.6) is 11.5 Å². The molecule has 116 valence electrons. The molecule has 0 amide bonds. The summed E-state index contributed by atoms with van der Waals surface area (Å²) in [5.41, 5.74) is 2.04. The van der Waals surface area contributed by atoms with Crippen LogP contribution in [0.25, 0.3) is 23.1 Å². The first-order chi connectivity index (χ1) is 11.2. The molecule has 0 aliphatic carbocycles. The normalized spacial score (nSPS) is 11.0. The number of hydrogen-bond donors (Lipinski definition) is 0. The maximum absolute atomic E-state index is 11.3. The predicted octanol–water partition coefficient (Wildman–Crippen LogP) is 3.98. The number of benzene rings is 2. The van der Waals surface area contributed by atoms with Gasteiger partial charge in [0.15, 0.2) is 0 Å². The zero-order chi connectivity index (χ0) is 16.2. The molecular formula is C19H16O4. The zero-order valence-corrected chi connectivity index (χ0v) is 12.9. The molecule has 0 radical (unpaired) electrons. The second kappa shape index (κ2) is 6.40. The van der Waals surface area contributed by atoms with Crippen molar-refractivity contribution in [3.63, 3.8) is 0 Å². The van der Waals surface area contributed by atoms with Gasteiger partial charge in [-0.25, -0.2) is 4.79 Å². The van der Waals surface area contributed by atoms with E-state index in [0.29, 0.717) is 5.58 Å². The maximum atomic E-state index is 11.3. The Morgan fingerprint density at radius 2 is 1.74 bits per heavy atom. The summed E-state index contributed by atoms with van der Waals surface area (Å²) in [5.74, 6) is 1.52. The topological polar surface area (TPSA) is 48.7 Å². The second-order valence-corrected chi connectivity index (χ2v) is 4.99. The van der Waals surface area contributed by atoms with Crippen molar-refractivity contribution < 1.29 is 13.9 Å². The van der Waals surface area contributed by atoms with Crippen molar-refractivity contribution >= 4 is 23.1 Å². The highest BCUT2D eigenvalue weighted by atomic mass is 16.5. The van der Waals surface area contributed by atoms with Gasteiger partial charge in [0.1, 0.15) is 17.1 Å². The van der Waals surface area contributed by atoms with E-state index in [1.54, 1.807) is 20.3 Å². The molecule has 0 bridgehead atoms. The molecule has 0 saturated heterocycles. The lowest BCUT2D eigenvalue weighted by atomic mass is 10.1. The van der Waals surface area contributed by atoms with Crippen LogP contribution in [0.3, 0.4) is 0 Å². The third-order valence-corrected chi connectivity index (χ3v) is 3.54. The van der Waals surface area contributed by atoms with E-state index in [9.17, 15) is 4.79 Å². The molecule has 3 rings (SSSR count). The van der Waals surface area contributed by atoms with Crippen LogP contribution in [0.4, 0.5) is 0 Å². The fraction of sp³-hybridized carbons (Fsp3) is 0.105. The van der Waals surface area contributed by atoms with Crippen LogP contribution in [0.2, 0.25) is 0 Å². The number of fused-ring (bicyclic) bond motifs is 1. The highest BCUT2D eigenvalue weighted by Crippen LogP contribution is 2.26. The molecule has 0 saturated carbocycles. The van der Waals surface area contributed by atoms with E-state index in [1.165, 1.54) is 6.07 Å². The van der Waals surface area contributed by atoms with Crippen molar-refractivity contribution in [1.82, 2.24) is 0 Å². The Balaban J connectivity index is 1.97. The van der Waals surface area contributed by atoms with Crippen LogP contribution in [0.15, 0.2) is 57.7 Å². The Morgan fingerprint density at radius 3 is 2.52 bits per heavy atom. The quantitative estimate of drug-likeness (QED) is 0.540. The standard InChI is InChI=1S/C19H16O4/c1-21-16-8-9-17(22-2)15(12-16)6-4-13-3-5-14-7-10-19(20)23-18(14)11-13/h3-12H,1-2H3/b6-4+. The van der Waals surface area contributed by atoms with Gasteiger partial charge in [-0.15, -0.1) is 0 Å². The minimum absolute atomic E-state index is 0.354. The van der Waals surface area contributed by atoms with E-state index in [1.807, 2.05) is 48.6 Å². The summed E-state index contributed by atoms with van der Waals surface area (Å²) in [7, 11) is 3.25. The van der Waals surface area contributed by atoms with Crippen LogP contribution in [0, 0.1) is 0 Å². The third-order valence-electron chi connectivity index (χ3n) is 3.54. The van der Waals surface area contributed by atoms with Gasteiger partial charge < -0.3 is 13.9 Å². The average Bonchev–Trinajstić information content (AvgIpc) is 2.59. The number of methoxy groups -OCH3 is 2. The first kappa shape index (κ1) is 14.9. The SMILES string of the molecule is COc1ccc(OC)c(/C=C/c2ccc3ccc(=O)oc3c2)c1. The molecule has 2 aromatic carbocycles. The molecule has 0 aliphatic rings. The summed E-state index contributed by atoms with van der Waals surface area (Å²) in [6.07, 6.45) is 3.87. The van der Waals surface area contributed by atoms with Gasteiger partial charge in [0.2, 0.25) is 0 Å². The predicted molar refractivity (Wildman–Crippen MR) is 91.0 cm³/mol. The van der Waals surface area contributed by atoms with Crippen molar-refractivity contribution in [2.45, 2.75) is 0 Å². The van der Waals surface area contributed by atoms with Crippen molar-refractivity contribution in [2.24, 2.45) is 0 Å². The van der Waals surface area contributed by atoms with Crippen LogP contribution >= 0.6 is 0 Å². The largest absolute Gasteiger partial charge is 0.497 e. The highest BCUT2D eigenvalue weighted by molar-refractivity contribution is 5.82. The monoisotopic (exact) mass is 308 g/mol. The summed E-state index contributed by atoms with van der Waals surface area (Å²) < 4.78 is 15.8. The Hall–Kier alpha value is -3.01. The third kappa shape index (κ3) is 3.26. The lowest BCUT2D eigenvalue weighted by Crippen LogP contribution is -1.94. The van der Waals surface area contributed by atoms with E-state index >= 15 is 0 Å². The fourth-order valence-electron chi connectivity index (χ4n) is 2.34. The van der Waals surface area contributed by atoms with Gasteiger partial charge in [0.05, 0.1) is 14.2 Å². The van der Waals surface area contributed by atoms with E-state index < -0.39 is 0 Å². The molecule has 0 N–H and O–H groups in total. The molecule has 0 unspecified atom stereocenters. The molecule has 0 atom stereocenters. The van der Waals surface area contributed by atoms with Gasteiger partial charge in [-0.05, 0) is 35.9 Å². The fourth-order valence-corrected chi connectivity index (χ4v) is 2.34. The molecule has 1 heterocycles. The smallest absolute Gasteiger partial charge is 0.336 e. The molecule has 3 aromatic rings. The van der Waals surface area contributed by atoms with E-state index in [4.69, 9.17) is 13.9 Å². The van der Waals surface area contributed by atoms with Crippen LogP contribution in [0.1, 0.15) is 11.1 Å². The Labute approximate surface area is 133 Å². The lowest BCUT2D eigenvalue weighted by molar-refractivity contribution is 0.402. The molecule has 0 fully saturated rings. The van der Waals surface area contributed by atoms with E-state index in [0.717, 1.165) is 28.0 Å². The first-order valence-electron chi connectivity index (χ1n) is 7.13. The minimum Gasteiger partial charge on any atom is -0.497 e. The van der Waals surface area contributed by atoms with Gasteiger partial charge in [-0.3, -0.25) is 0 Å². The van der Waals surface area contributed by atoms with E-state index in [2.05, 4.69) is 0 Å². The van der Waals surface area contributed by atoms with Gasteiger partial charge in [-0.1, -0.05) is 24.3 Å². The van der Waals surface area contributed by atoms with Crippen molar-refractivity contribution in [3.8, 4) is 11.5 Å². The Kier molecular flexibility index (Phi) is 4.15. The number of ether oxygens (including phenoxy) is 2. The van der Waals surface area contributed by atoms with E-state index in [-0.39, 0.29) is 5.63 Å². The molecule has 0 aliphatic heterocycles. The van der Waals surface area contributed by atoms with Gasteiger partial charge in [0.25, 0.3) is 0 Å². The van der Waals surface area contributed by atoms with Crippen molar-refractivity contribution in [2.75, 3.05) is 14.2 Å². The maximum Gasteiger partial charge on any atom is 0.336 e. The Bertz CT molecular complexity index is 922. The molecule has 1 aromatic heterocycles. The molecule has 4 heteroatoms. The van der Waals surface area contributed by atoms with Gasteiger partial charge >= 0.3 is 5.63 Å². The first-order valence-corrected chi connectivity index (χ1v) is 7.13. The number of hydrogen-bond acceptors (Lipinski definition) is 4. The van der Waals surface area contributed by atoms with Crippen LogP contribution in [-0.2, 0) is 0 Å². The summed E-state index contributed by atoms with van der Waals surface area (Å²) in [4.78, 5) is 11.3. The molecule has 0 spiro atoms. The molecule has 23 heavy (non-hydrogen) atoms. The van der Waals surface area contributed by atoms with Crippen LogP contribution in [-0.4, -0.2) is 14.2 Å². The summed E-state index contributed by atoms with van der Waals surface area (Å²) in [5, 5.41) is 0.890. The zero-order valence-electron chi connectivity index (χ0n) is 12.9. The lowest BCUT2D eigenvalue weighted by Gasteiger charge is -2.07. The molecule has 4 nitrogen and oxygen atoms in total. The Morgan fingerprint density at radius 1 is 0.913 bits per heavy atom. The molecular weight excluding hydrogens is 292 g/mol. The van der Waals surface area contributed by atoms with Crippen LogP contribution < -0.4 is 15.1 Å². The summed E-state index contributed by atoms with van der Waals surface area (Å²) in [6.45, 7) is 0.